The molecule has 2 aliphatic heterocycles. The summed E-state index contributed by atoms with van der Waals surface area (Å²) >= 11 is 1.69. The second kappa shape index (κ2) is 7.01. The number of piperidine rings is 1. The second-order valence-electron chi connectivity index (χ2n) is 6.25. The number of nitrogens with one attached hydrogen (secondary N) is 1. The molecule has 5 nitrogen and oxygen atoms in total. The van der Waals surface area contributed by atoms with Gasteiger partial charge in [-0.2, -0.15) is 0 Å². The maximum absolute atomic E-state index is 13.5. The van der Waals surface area contributed by atoms with Gasteiger partial charge in [-0.1, -0.05) is 18.2 Å². The molecule has 0 radical (unpaired) electrons. The highest BCUT2D eigenvalue weighted by Crippen LogP contribution is 2.43. The van der Waals surface area contributed by atoms with E-state index in [0.29, 0.717) is 37.4 Å². The van der Waals surface area contributed by atoms with Crippen LogP contribution in [0.15, 0.2) is 24.3 Å². The third kappa shape index (κ3) is 3.36. The van der Waals surface area contributed by atoms with Crippen molar-refractivity contribution in [2.24, 2.45) is 0 Å². The minimum absolute atomic E-state index is 0.113. The number of nitrogens with zero attached hydrogens (tertiary/aromatic N) is 2. The van der Waals surface area contributed by atoms with Gasteiger partial charge in [0.1, 0.15) is 5.82 Å². The fraction of sp³-hybridized carbons (Fsp3) is 0.529. The topological polar surface area (TPSA) is 52.7 Å². The molecule has 7 heteroatoms. The van der Waals surface area contributed by atoms with Crippen LogP contribution in [0.3, 0.4) is 0 Å². The van der Waals surface area contributed by atoms with Crippen molar-refractivity contribution in [3.05, 3.63) is 35.6 Å². The number of carbonyl (C=O) groups is 2. The Hall–Kier alpha value is -1.76. The molecule has 0 aliphatic carbocycles. The molecule has 2 fully saturated rings. The van der Waals surface area contributed by atoms with Gasteiger partial charge in [0.25, 0.3) is 0 Å². The molecule has 0 bridgehead atoms. The average molecular weight is 351 g/mol. The van der Waals surface area contributed by atoms with E-state index in [2.05, 4.69) is 5.32 Å². The SMILES string of the molecule is CN1C(=O)CSC12CCN(C(=O)NCCc1ccccc1F)CC2. The molecule has 3 rings (SSSR count). The molecular weight excluding hydrogens is 329 g/mol. The Morgan fingerprint density at radius 3 is 2.67 bits per heavy atom. The van der Waals surface area contributed by atoms with E-state index >= 15 is 0 Å². The molecule has 1 aromatic carbocycles. The first-order chi connectivity index (χ1) is 11.5. The van der Waals surface area contributed by atoms with Crippen molar-refractivity contribution >= 4 is 23.7 Å². The van der Waals surface area contributed by atoms with Crippen LogP contribution in [0, 0.1) is 5.82 Å². The summed E-state index contributed by atoms with van der Waals surface area (Å²) in [6.45, 7) is 1.68. The molecule has 0 saturated carbocycles. The zero-order valence-electron chi connectivity index (χ0n) is 13.8. The summed E-state index contributed by atoms with van der Waals surface area (Å²) < 4.78 is 13.5. The highest BCUT2D eigenvalue weighted by Gasteiger charge is 2.46. The number of urea groups is 1. The van der Waals surface area contributed by atoms with Gasteiger partial charge in [0.2, 0.25) is 5.91 Å². The van der Waals surface area contributed by atoms with E-state index in [1.54, 1.807) is 34.9 Å². The number of amides is 3. The molecule has 2 saturated heterocycles. The molecule has 1 aromatic rings. The fourth-order valence-electron chi connectivity index (χ4n) is 3.27. The van der Waals surface area contributed by atoms with Crippen molar-refractivity contribution in [2.75, 3.05) is 32.4 Å². The maximum atomic E-state index is 13.5. The normalized spacial score (nSPS) is 19.8. The Bertz CT molecular complexity index is 632. The lowest BCUT2D eigenvalue weighted by molar-refractivity contribution is -0.129. The molecular formula is C17H22FN3O2S. The van der Waals surface area contributed by atoms with Gasteiger partial charge in [-0.05, 0) is 30.9 Å². The summed E-state index contributed by atoms with van der Waals surface area (Å²) in [5, 5.41) is 2.86. The number of thioether (sulfide) groups is 1. The van der Waals surface area contributed by atoms with Gasteiger partial charge >= 0.3 is 6.03 Å². The Balaban J connectivity index is 1.46. The molecule has 3 amide bonds. The van der Waals surface area contributed by atoms with Crippen molar-refractivity contribution in [3.63, 3.8) is 0 Å². The molecule has 2 heterocycles. The first kappa shape index (κ1) is 17.1. The summed E-state index contributed by atoms with van der Waals surface area (Å²) in [4.78, 5) is 27.5. The van der Waals surface area contributed by atoms with Gasteiger partial charge in [0.15, 0.2) is 0 Å². The average Bonchev–Trinajstić information content (AvgIpc) is 2.86. The zero-order valence-corrected chi connectivity index (χ0v) is 14.6. The van der Waals surface area contributed by atoms with Gasteiger partial charge in [0, 0.05) is 26.7 Å². The van der Waals surface area contributed by atoms with Crippen molar-refractivity contribution in [1.82, 2.24) is 15.1 Å². The number of rotatable bonds is 3. The Morgan fingerprint density at radius 1 is 1.33 bits per heavy atom. The fourth-order valence-corrected chi connectivity index (χ4v) is 4.63. The third-order valence-corrected chi connectivity index (χ3v) is 6.52. The minimum Gasteiger partial charge on any atom is -0.338 e. The third-order valence-electron chi connectivity index (χ3n) is 4.91. The number of halogens is 1. The molecule has 1 N–H and O–H groups in total. The lowest BCUT2D eigenvalue weighted by Gasteiger charge is -2.42. The van der Waals surface area contributed by atoms with E-state index < -0.39 is 0 Å². The van der Waals surface area contributed by atoms with E-state index in [1.807, 2.05) is 11.9 Å². The summed E-state index contributed by atoms with van der Waals surface area (Å²) in [6.07, 6.45) is 2.06. The number of hydrogen-bond donors (Lipinski definition) is 1. The monoisotopic (exact) mass is 351 g/mol. The van der Waals surface area contributed by atoms with Crippen LogP contribution in [-0.4, -0.2) is 59.0 Å². The molecule has 0 atom stereocenters. The van der Waals surface area contributed by atoms with E-state index in [4.69, 9.17) is 0 Å². The standard InChI is InChI=1S/C17H22FN3O2S/c1-20-15(22)12-24-17(20)7-10-21(11-8-17)16(23)19-9-6-13-4-2-3-5-14(13)18/h2-5H,6-12H2,1H3,(H,19,23). The minimum atomic E-state index is -0.238. The molecule has 130 valence electrons. The number of carbonyl (C=O) groups excluding carboxylic acids is 2. The van der Waals surface area contributed by atoms with Crippen LogP contribution in [0.25, 0.3) is 0 Å². The Morgan fingerprint density at radius 2 is 2.04 bits per heavy atom. The smallest absolute Gasteiger partial charge is 0.317 e. The number of hydrogen-bond acceptors (Lipinski definition) is 3. The lowest BCUT2D eigenvalue weighted by atomic mass is 10.0. The summed E-state index contributed by atoms with van der Waals surface area (Å²) in [7, 11) is 1.85. The number of benzene rings is 1. The predicted octanol–water partition coefficient (Wildman–Crippen LogP) is 2.08. The number of likely N-dealkylation sites (tertiary alicyclic amines) is 1. The van der Waals surface area contributed by atoms with E-state index in [1.165, 1.54) is 6.07 Å². The summed E-state index contributed by atoms with van der Waals surface area (Å²) in [6, 6.07) is 6.50. The highest BCUT2D eigenvalue weighted by molar-refractivity contribution is 8.01. The largest absolute Gasteiger partial charge is 0.338 e. The summed E-state index contributed by atoms with van der Waals surface area (Å²) in [5.74, 6) is 0.464. The molecule has 0 unspecified atom stereocenters. The molecule has 24 heavy (non-hydrogen) atoms. The quantitative estimate of drug-likeness (QED) is 0.907. The van der Waals surface area contributed by atoms with E-state index in [9.17, 15) is 14.0 Å². The van der Waals surface area contributed by atoms with Crippen molar-refractivity contribution in [1.29, 1.82) is 0 Å². The maximum Gasteiger partial charge on any atom is 0.317 e. The van der Waals surface area contributed by atoms with Crippen molar-refractivity contribution in [2.45, 2.75) is 24.1 Å². The van der Waals surface area contributed by atoms with E-state index in [0.717, 1.165) is 12.8 Å². The highest BCUT2D eigenvalue weighted by atomic mass is 32.2. The van der Waals surface area contributed by atoms with Crippen molar-refractivity contribution < 1.29 is 14.0 Å². The van der Waals surface area contributed by atoms with Crippen LogP contribution in [0.1, 0.15) is 18.4 Å². The van der Waals surface area contributed by atoms with Crippen LogP contribution in [0.2, 0.25) is 0 Å². The summed E-state index contributed by atoms with van der Waals surface area (Å²) in [5.41, 5.74) is 0.609. The predicted molar refractivity (Wildman–Crippen MR) is 92.3 cm³/mol. The molecule has 1 spiro atoms. The van der Waals surface area contributed by atoms with Crippen LogP contribution in [0.4, 0.5) is 9.18 Å². The van der Waals surface area contributed by atoms with Gasteiger partial charge in [-0.25, -0.2) is 9.18 Å². The Labute approximate surface area is 145 Å². The first-order valence-corrected chi connectivity index (χ1v) is 9.17. The van der Waals surface area contributed by atoms with Crippen LogP contribution >= 0.6 is 11.8 Å². The second-order valence-corrected chi connectivity index (χ2v) is 7.59. The van der Waals surface area contributed by atoms with Gasteiger partial charge in [-0.15, -0.1) is 11.8 Å². The van der Waals surface area contributed by atoms with Crippen molar-refractivity contribution in [3.8, 4) is 0 Å². The van der Waals surface area contributed by atoms with Gasteiger partial charge < -0.3 is 15.1 Å². The van der Waals surface area contributed by atoms with Crippen LogP contribution in [0.5, 0.6) is 0 Å². The zero-order chi connectivity index (χ0) is 17.2. The Kier molecular flexibility index (Phi) is 4.99. The lowest BCUT2D eigenvalue weighted by Crippen LogP contribution is -2.53. The van der Waals surface area contributed by atoms with E-state index in [-0.39, 0.29) is 22.6 Å². The molecule has 0 aromatic heterocycles. The van der Waals surface area contributed by atoms with Gasteiger partial charge in [0.05, 0.1) is 10.6 Å². The van der Waals surface area contributed by atoms with Crippen LogP contribution < -0.4 is 5.32 Å². The molecule has 2 aliphatic rings. The first-order valence-electron chi connectivity index (χ1n) is 8.19. The van der Waals surface area contributed by atoms with Crippen LogP contribution in [-0.2, 0) is 11.2 Å². The van der Waals surface area contributed by atoms with Gasteiger partial charge in [-0.3, -0.25) is 4.79 Å².